The van der Waals surface area contributed by atoms with Crippen molar-refractivity contribution in [3.63, 3.8) is 0 Å². The van der Waals surface area contributed by atoms with Crippen LogP contribution in [0, 0.1) is 0 Å². The Hall–Kier alpha value is -3.10. The normalized spacial score (nSPS) is 10.4. The van der Waals surface area contributed by atoms with Gasteiger partial charge in [0.05, 0.1) is 6.20 Å². The highest BCUT2D eigenvalue weighted by atomic mass is 16.4. The molecule has 20 heavy (non-hydrogen) atoms. The lowest BCUT2D eigenvalue weighted by Crippen LogP contribution is -2.13. The monoisotopic (exact) mass is 271 g/mol. The minimum Gasteiger partial charge on any atom is -0.401 e. The molecule has 0 fully saturated rings. The number of amides is 1. The topological polar surface area (TPSA) is 112 Å². The number of carbonyl (C=O) groups is 1. The number of nitrogens with zero attached hydrogens (tertiary/aromatic N) is 6. The highest BCUT2D eigenvalue weighted by Crippen LogP contribution is 2.17. The Balaban J connectivity index is 1.76. The Labute approximate surface area is 112 Å². The molecule has 0 saturated carbocycles. The van der Waals surface area contributed by atoms with Crippen LogP contribution in [0.4, 0.5) is 6.01 Å². The van der Waals surface area contributed by atoms with E-state index in [2.05, 4.69) is 30.6 Å². The number of aryl methyl sites for hydroxylation is 1. The molecule has 0 atom stereocenters. The molecule has 3 aromatic rings. The Kier molecular flexibility index (Phi) is 2.92. The van der Waals surface area contributed by atoms with E-state index in [0.29, 0.717) is 5.69 Å². The molecule has 0 aliphatic rings. The molecule has 9 heteroatoms. The zero-order valence-corrected chi connectivity index (χ0v) is 10.4. The molecule has 0 saturated heterocycles. The highest BCUT2D eigenvalue weighted by molar-refractivity contribution is 6.01. The summed E-state index contributed by atoms with van der Waals surface area (Å²) in [6.07, 6.45) is 5.98. The number of aromatic nitrogens is 6. The van der Waals surface area contributed by atoms with E-state index in [1.807, 2.05) is 0 Å². The Bertz CT molecular complexity index is 734. The van der Waals surface area contributed by atoms with Gasteiger partial charge in [0.2, 0.25) is 0 Å². The Morgan fingerprint density at radius 3 is 2.95 bits per heavy atom. The van der Waals surface area contributed by atoms with Gasteiger partial charge in [-0.2, -0.15) is 5.10 Å². The Morgan fingerprint density at radius 2 is 2.25 bits per heavy atom. The van der Waals surface area contributed by atoms with Gasteiger partial charge < -0.3 is 4.42 Å². The van der Waals surface area contributed by atoms with E-state index in [1.54, 1.807) is 24.0 Å². The third-order valence-electron chi connectivity index (χ3n) is 2.37. The molecule has 0 aliphatic heterocycles. The maximum Gasteiger partial charge on any atom is 0.322 e. The van der Waals surface area contributed by atoms with E-state index < -0.39 is 5.91 Å². The second kappa shape index (κ2) is 4.88. The maximum atomic E-state index is 11.8. The van der Waals surface area contributed by atoms with Gasteiger partial charge in [-0.25, -0.2) is 4.98 Å². The fourth-order valence-corrected chi connectivity index (χ4v) is 1.48. The fraction of sp³-hybridized carbons (Fsp3) is 0.0909. The standard InChI is InChI=1S/C11H9N7O2/c1-18-5-2-7(17-18)10-15-16-11(20-10)14-9(19)8-6-12-3-4-13-8/h2-6H,1H3,(H,14,16,19). The van der Waals surface area contributed by atoms with Crippen LogP contribution in [0.5, 0.6) is 0 Å². The van der Waals surface area contributed by atoms with Crippen molar-refractivity contribution in [2.45, 2.75) is 0 Å². The molecular formula is C11H9N7O2. The van der Waals surface area contributed by atoms with Crippen LogP contribution >= 0.6 is 0 Å². The van der Waals surface area contributed by atoms with Gasteiger partial charge >= 0.3 is 6.01 Å². The first-order valence-corrected chi connectivity index (χ1v) is 5.63. The van der Waals surface area contributed by atoms with Crippen molar-refractivity contribution in [2.24, 2.45) is 7.05 Å². The summed E-state index contributed by atoms with van der Waals surface area (Å²) in [6, 6.07) is 1.70. The van der Waals surface area contributed by atoms with Crippen LogP contribution in [-0.4, -0.2) is 35.9 Å². The van der Waals surface area contributed by atoms with Crippen molar-refractivity contribution in [1.82, 2.24) is 29.9 Å². The molecule has 0 aliphatic carbocycles. The summed E-state index contributed by atoms with van der Waals surface area (Å²) in [6.45, 7) is 0. The minimum atomic E-state index is -0.477. The lowest BCUT2D eigenvalue weighted by Gasteiger charge is -1.97. The largest absolute Gasteiger partial charge is 0.401 e. The third-order valence-corrected chi connectivity index (χ3v) is 2.37. The smallest absolute Gasteiger partial charge is 0.322 e. The number of nitrogens with one attached hydrogen (secondary N) is 1. The molecule has 1 N–H and O–H groups in total. The summed E-state index contributed by atoms with van der Waals surface area (Å²) in [5.74, 6) is -0.255. The maximum absolute atomic E-state index is 11.8. The minimum absolute atomic E-state index is 0.0266. The molecule has 0 radical (unpaired) electrons. The van der Waals surface area contributed by atoms with E-state index in [4.69, 9.17) is 4.42 Å². The van der Waals surface area contributed by atoms with Crippen LogP contribution in [0.25, 0.3) is 11.6 Å². The second-order valence-corrected chi connectivity index (χ2v) is 3.83. The zero-order chi connectivity index (χ0) is 13.9. The molecule has 3 heterocycles. The van der Waals surface area contributed by atoms with Gasteiger partial charge in [-0.1, -0.05) is 5.10 Å². The molecule has 1 amide bonds. The summed E-state index contributed by atoms with van der Waals surface area (Å²) in [4.78, 5) is 19.5. The first-order chi connectivity index (χ1) is 9.72. The Morgan fingerprint density at radius 1 is 1.35 bits per heavy atom. The van der Waals surface area contributed by atoms with Gasteiger partial charge in [0.25, 0.3) is 11.8 Å². The molecular weight excluding hydrogens is 262 g/mol. The van der Waals surface area contributed by atoms with E-state index in [0.717, 1.165) is 0 Å². The van der Waals surface area contributed by atoms with Crippen molar-refractivity contribution in [3.8, 4) is 11.6 Å². The van der Waals surface area contributed by atoms with E-state index in [9.17, 15) is 4.79 Å². The van der Waals surface area contributed by atoms with Crippen molar-refractivity contribution >= 4 is 11.9 Å². The van der Waals surface area contributed by atoms with Crippen molar-refractivity contribution in [2.75, 3.05) is 5.32 Å². The van der Waals surface area contributed by atoms with Crippen LogP contribution in [0.2, 0.25) is 0 Å². The number of anilines is 1. The van der Waals surface area contributed by atoms with Crippen LogP contribution in [0.1, 0.15) is 10.5 Å². The molecule has 0 bridgehead atoms. The van der Waals surface area contributed by atoms with E-state index in [-0.39, 0.29) is 17.6 Å². The average Bonchev–Trinajstić information content (AvgIpc) is 3.09. The van der Waals surface area contributed by atoms with Gasteiger partial charge in [0.1, 0.15) is 11.4 Å². The van der Waals surface area contributed by atoms with Crippen LogP contribution < -0.4 is 5.32 Å². The summed E-state index contributed by atoms with van der Waals surface area (Å²) in [7, 11) is 1.77. The van der Waals surface area contributed by atoms with Crippen LogP contribution in [-0.2, 0) is 7.05 Å². The first kappa shape index (κ1) is 12.0. The van der Waals surface area contributed by atoms with Gasteiger partial charge in [-0.15, -0.1) is 5.10 Å². The van der Waals surface area contributed by atoms with Gasteiger partial charge in [-0.05, 0) is 6.07 Å². The summed E-state index contributed by atoms with van der Waals surface area (Å²) >= 11 is 0. The van der Waals surface area contributed by atoms with Crippen molar-refractivity contribution in [1.29, 1.82) is 0 Å². The lowest BCUT2D eigenvalue weighted by molar-refractivity contribution is 0.101. The van der Waals surface area contributed by atoms with Crippen LogP contribution in [0.15, 0.2) is 35.3 Å². The van der Waals surface area contributed by atoms with Gasteiger partial charge in [0, 0.05) is 25.6 Å². The summed E-state index contributed by atoms with van der Waals surface area (Å²) in [5.41, 5.74) is 0.685. The third kappa shape index (κ3) is 2.36. The fourth-order valence-electron chi connectivity index (χ4n) is 1.48. The summed E-state index contributed by atoms with van der Waals surface area (Å²) < 4.78 is 6.91. The molecule has 0 spiro atoms. The SMILES string of the molecule is Cn1ccc(-c2nnc(NC(=O)c3cnccn3)o2)n1. The second-order valence-electron chi connectivity index (χ2n) is 3.83. The number of hydrogen-bond acceptors (Lipinski definition) is 7. The van der Waals surface area contributed by atoms with E-state index in [1.165, 1.54) is 18.6 Å². The molecule has 3 aromatic heterocycles. The van der Waals surface area contributed by atoms with Crippen molar-refractivity contribution in [3.05, 3.63) is 36.5 Å². The molecule has 0 unspecified atom stereocenters. The number of rotatable bonds is 3. The predicted octanol–water partition coefficient (Wildman–Crippen LogP) is 0.512. The quantitative estimate of drug-likeness (QED) is 0.738. The van der Waals surface area contributed by atoms with Gasteiger partial charge in [-0.3, -0.25) is 19.8 Å². The van der Waals surface area contributed by atoms with Crippen LogP contribution in [0.3, 0.4) is 0 Å². The number of carbonyl (C=O) groups excluding carboxylic acids is 1. The molecule has 100 valence electrons. The van der Waals surface area contributed by atoms with E-state index >= 15 is 0 Å². The van der Waals surface area contributed by atoms with Crippen molar-refractivity contribution < 1.29 is 9.21 Å². The predicted molar refractivity (Wildman–Crippen MR) is 66.5 cm³/mol. The highest BCUT2D eigenvalue weighted by Gasteiger charge is 2.14. The van der Waals surface area contributed by atoms with Gasteiger partial charge in [0.15, 0.2) is 0 Å². The zero-order valence-electron chi connectivity index (χ0n) is 10.4. The lowest BCUT2D eigenvalue weighted by atomic mass is 10.4. The first-order valence-electron chi connectivity index (χ1n) is 5.63. The molecule has 9 nitrogen and oxygen atoms in total. The molecule has 3 rings (SSSR count). The summed E-state index contributed by atoms with van der Waals surface area (Å²) in [5, 5.41) is 14.1. The molecule has 0 aromatic carbocycles. The average molecular weight is 271 g/mol. The number of hydrogen-bond donors (Lipinski definition) is 1.